The molecule has 0 aliphatic rings. The number of rotatable bonds is 5. The predicted octanol–water partition coefficient (Wildman–Crippen LogP) is 2.03. The quantitative estimate of drug-likeness (QED) is 0.716. The summed E-state index contributed by atoms with van der Waals surface area (Å²) < 4.78 is 8.19. The summed E-state index contributed by atoms with van der Waals surface area (Å²) in [7, 11) is 1.56. The lowest BCUT2D eigenvalue weighted by atomic mass is 10.1. The van der Waals surface area contributed by atoms with Crippen LogP contribution in [-0.2, 0) is 13.7 Å². The van der Waals surface area contributed by atoms with E-state index in [4.69, 9.17) is 4.74 Å². The number of tetrazole rings is 1. The molecule has 0 radical (unpaired) electrons. The second-order valence-electron chi connectivity index (χ2n) is 4.73. The lowest BCUT2D eigenvalue weighted by Gasteiger charge is -2.12. The molecule has 1 aromatic carbocycles. The number of hydrogen-bond acceptors (Lipinski definition) is 6. The van der Waals surface area contributed by atoms with Gasteiger partial charge in [-0.3, -0.25) is 0 Å². The molecule has 0 saturated heterocycles. The molecule has 2 heterocycles. The molecule has 0 fully saturated rings. The van der Waals surface area contributed by atoms with Crippen LogP contribution in [0.15, 0.2) is 40.6 Å². The topological polar surface area (TPSA) is 74.8 Å². The van der Waals surface area contributed by atoms with E-state index in [-0.39, 0.29) is 12.3 Å². The maximum atomic E-state index is 12.2. The number of allylic oxidation sites excluding steroid dienone is 1. The highest BCUT2D eigenvalue weighted by atomic mass is 32.1. The third kappa shape index (κ3) is 3.07. The largest absolute Gasteiger partial charge is 0.465 e. The maximum Gasteiger partial charge on any atom is 0.368 e. The van der Waals surface area contributed by atoms with Gasteiger partial charge in [-0.1, -0.05) is 35.6 Å². The Labute approximate surface area is 136 Å². The number of benzene rings is 1. The first-order chi connectivity index (χ1) is 11.2. The fourth-order valence-electron chi connectivity index (χ4n) is 2.16. The van der Waals surface area contributed by atoms with Crippen molar-refractivity contribution in [3.05, 3.63) is 57.5 Å². The Bertz CT molecular complexity index is 880. The molecule has 0 unspecified atom stereocenters. The van der Waals surface area contributed by atoms with Crippen molar-refractivity contribution in [2.45, 2.75) is 13.5 Å². The second-order valence-corrected chi connectivity index (χ2v) is 5.59. The van der Waals surface area contributed by atoms with Crippen molar-refractivity contribution in [2.24, 2.45) is 7.05 Å². The van der Waals surface area contributed by atoms with Crippen LogP contribution in [0.5, 0.6) is 5.19 Å². The van der Waals surface area contributed by atoms with Crippen LogP contribution in [0.4, 0.5) is 0 Å². The average molecular weight is 329 g/mol. The Morgan fingerprint density at radius 3 is 2.87 bits per heavy atom. The van der Waals surface area contributed by atoms with Gasteiger partial charge in [-0.05, 0) is 29.0 Å². The first kappa shape index (κ1) is 15.2. The van der Waals surface area contributed by atoms with Gasteiger partial charge in [0.15, 0.2) is 0 Å². The lowest BCUT2D eigenvalue weighted by Crippen LogP contribution is -2.23. The molecule has 0 N–H and O–H groups in total. The summed E-state index contributed by atoms with van der Waals surface area (Å²) in [6.07, 6.45) is 5.59. The molecule has 3 rings (SSSR count). The molecule has 0 spiro atoms. The van der Waals surface area contributed by atoms with Crippen LogP contribution >= 0.6 is 11.3 Å². The van der Waals surface area contributed by atoms with Crippen molar-refractivity contribution in [2.75, 3.05) is 0 Å². The van der Waals surface area contributed by atoms with Gasteiger partial charge in [-0.2, -0.15) is 9.36 Å². The molecule has 0 aliphatic carbocycles. The molecule has 0 aliphatic heterocycles. The van der Waals surface area contributed by atoms with Gasteiger partial charge in [0.1, 0.15) is 6.61 Å². The highest BCUT2D eigenvalue weighted by molar-refractivity contribution is 7.11. The Hall–Kier alpha value is -2.74. The van der Waals surface area contributed by atoms with E-state index in [0.717, 1.165) is 11.1 Å². The third-order valence-electron chi connectivity index (χ3n) is 3.23. The zero-order valence-electron chi connectivity index (χ0n) is 12.7. The van der Waals surface area contributed by atoms with Gasteiger partial charge in [0, 0.05) is 24.2 Å². The Balaban J connectivity index is 2.06. The van der Waals surface area contributed by atoms with Crippen molar-refractivity contribution in [3.8, 4) is 10.9 Å². The summed E-state index contributed by atoms with van der Waals surface area (Å²) in [5, 5.41) is 10.1. The molecule has 7 nitrogen and oxygen atoms in total. The van der Waals surface area contributed by atoms with Gasteiger partial charge >= 0.3 is 5.69 Å². The van der Waals surface area contributed by atoms with E-state index in [1.807, 2.05) is 42.7 Å². The van der Waals surface area contributed by atoms with E-state index >= 15 is 0 Å². The maximum absolute atomic E-state index is 12.2. The van der Waals surface area contributed by atoms with Crippen LogP contribution in [0.25, 0.3) is 11.8 Å². The molecule has 0 bridgehead atoms. The van der Waals surface area contributed by atoms with Crippen LogP contribution in [0.3, 0.4) is 0 Å². The molecular formula is C15H15N5O2S. The molecule has 3 aromatic rings. The highest BCUT2D eigenvalue weighted by Crippen LogP contribution is 2.22. The molecular weight excluding hydrogens is 314 g/mol. The Kier molecular flexibility index (Phi) is 4.33. The van der Waals surface area contributed by atoms with E-state index < -0.39 is 0 Å². The molecule has 8 heteroatoms. The number of aromatic nitrogens is 5. The molecule has 0 amide bonds. The van der Waals surface area contributed by atoms with E-state index in [1.165, 1.54) is 20.7 Å². The number of nitrogens with zero attached hydrogens (tertiary/aromatic N) is 5. The van der Waals surface area contributed by atoms with Crippen molar-refractivity contribution >= 4 is 17.4 Å². The van der Waals surface area contributed by atoms with E-state index in [9.17, 15) is 4.79 Å². The zero-order chi connectivity index (χ0) is 16.2. The smallest absolute Gasteiger partial charge is 0.368 e. The first-order valence-corrected chi connectivity index (χ1v) is 7.85. The van der Waals surface area contributed by atoms with Crippen LogP contribution < -0.4 is 10.4 Å². The predicted molar refractivity (Wildman–Crippen MR) is 87.8 cm³/mol. The Morgan fingerprint density at radius 2 is 2.22 bits per heavy atom. The van der Waals surface area contributed by atoms with Crippen LogP contribution in [0.1, 0.15) is 18.1 Å². The molecule has 0 saturated carbocycles. The van der Waals surface area contributed by atoms with Crippen molar-refractivity contribution in [3.63, 3.8) is 0 Å². The summed E-state index contributed by atoms with van der Waals surface area (Å²) >= 11 is 1.42. The van der Waals surface area contributed by atoms with Gasteiger partial charge in [-0.15, -0.1) is 0 Å². The third-order valence-corrected chi connectivity index (χ3v) is 3.92. The number of hydrogen-bond donors (Lipinski definition) is 0. The van der Waals surface area contributed by atoms with Gasteiger partial charge in [0.2, 0.25) is 0 Å². The van der Waals surface area contributed by atoms with Crippen molar-refractivity contribution < 1.29 is 4.74 Å². The van der Waals surface area contributed by atoms with Crippen LogP contribution in [0, 0.1) is 0 Å². The SMILES string of the molecule is C/C=C/c1cccc(-n2nnn(C)c2=O)c1COc1nccs1. The molecule has 2 aromatic heterocycles. The van der Waals surface area contributed by atoms with E-state index in [0.29, 0.717) is 10.9 Å². The second kappa shape index (κ2) is 6.57. The van der Waals surface area contributed by atoms with Gasteiger partial charge < -0.3 is 4.74 Å². The number of aryl methyl sites for hydroxylation is 1. The van der Waals surface area contributed by atoms with Crippen molar-refractivity contribution in [1.29, 1.82) is 0 Å². The summed E-state index contributed by atoms with van der Waals surface area (Å²) in [4.78, 5) is 16.3. The van der Waals surface area contributed by atoms with E-state index in [2.05, 4.69) is 15.4 Å². The number of thiazole rings is 1. The van der Waals surface area contributed by atoms with Gasteiger partial charge in [-0.25, -0.2) is 9.78 Å². The minimum Gasteiger partial charge on any atom is -0.465 e. The van der Waals surface area contributed by atoms with Gasteiger partial charge in [0.05, 0.1) is 5.69 Å². The van der Waals surface area contributed by atoms with E-state index in [1.54, 1.807) is 13.2 Å². The summed E-state index contributed by atoms with van der Waals surface area (Å²) in [5.74, 6) is 0. The standard InChI is InChI=1S/C15H15N5O2S/c1-3-5-11-6-4-7-13(20-15(21)19(2)17-18-20)12(11)10-22-14-16-8-9-23-14/h3-9H,10H2,1-2H3/b5-3+. The zero-order valence-corrected chi connectivity index (χ0v) is 13.5. The fraction of sp³-hybridized carbons (Fsp3) is 0.200. The molecule has 23 heavy (non-hydrogen) atoms. The fourth-order valence-corrected chi connectivity index (χ4v) is 2.65. The highest BCUT2D eigenvalue weighted by Gasteiger charge is 2.14. The molecule has 118 valence electrons. The Morgan fingerprint density at radius 1 is 1.35 bits per heavy atom. The average Bonchev–Trinajstić information content (AvgIpc) is 3.18. The summed E-state index contributed by atoms with van der Waals surface area (Å²) in [5.41, 5.74) is 2.15. The normalized spacial score (nSPS) is 11.2. The van der Waals surface area contributed by atoms with Gasteiger partial charge in [0.25, 0.3) is 5.19 Å². The number of ether oxygens (including phenoxy) is 1. The minimum absolute atomic E-state index is 0.284. The summed E-state index contributed by atoms with van der Waals surface area (Å²) in [6, 6.07) is 5.66. The monoisotopic (exact) mass is 329 g/mol. The van der Waals surface area contributed by atoms with Crippen LogP contribution in [0.2, 0.25) is 0 Å². The summed E-state index contributed by atoms with van der Waals surface area (Å²) in [6.45, 7) is 2.22. The van der Waals surface area contributed by atoms with Crippen LogP contribution in [-0.4, -0.2) is 24.8 Å². The molecule has 0 atom stereocenters. The van der Waals surface area contributed by atoms with Crippen molar-refractivity contribution in [1.82, 2.24) is 24.8 Å². The minimum atomic E-state index is -0.307. The lowest BCUT2D eigenvalue weighted by molar-refractivity contribution is 0.303. The first-order valence-electron chi connectivity index (χ1n) is 6.97.